The molecule has 6 heteroatoms. The Hall–Kier alpha value is -1.59. The van der Waals surface area contributed by atoms with Gasteiger partial charge < -0.3 is 15.0 Å². The van der Waals surface area contributed by atoms with E-state index in [2.05, 4.69) is 12.2 Å². The average Bonchev–Trinajstić information content (AvgIpc) is 2.63. The Balaban J connectivity index is 1.17. The van der Waals surface area contributed by atoms with Crippen LogP contribution in [0, 0.1) is 29.1 Å². The lowest BCUT2D eigenvalue weighted by molar-refractivity contribution is -0.152. The van der Waals surface area contributed by atoms with Crippen molar-refractivity contribution in [1.29, 1.82) is 0 Å². The molecule has 1 N–H and O–H groups in total. The summed E-state index contributed by atoms with van der Waals surface area (Å²) in [5.41, 5.74) is 0.170. The van der Waals surface area contributed by atoms with Crippen LogP contribution in [0.5, 0.6) is 0 Å². The van der Waals surface area contributed by atoms with Gasteiger partial charge in [-0.05, 0) is 80.5 Å². The number of nitrogens with one attached hydrogen (secondary N) is 1. The normalized spacial score (nSPS) is 36.2. The number of hydrogen-bond donors (Lipinski definition) is 1. The maximum Gasteiger partial charge on any atom is 0.325 e. The van der Waals surface area contributed by atoms with Crippen molar-refractivity contribution < 1.29 is 19.1 Å². The van der Waals surface area contributed by atoms with Gasteiger partial charge in [0.15, 0.2) is 6.61 Å². The highest BCUT2D eigenvalue weighted by atomic mass is 16.5. The third-order valence-electron chi connectivity index (χ3n) is 7.50. The molecule has 0 spiro atoms. The van der Waals surface area contributed by atoms with E-state index in [1.165, 1.54) is 38.5 Å². The fourth-order valence-corrected chi connectivity index (χ4v) is 6.78. The van der Waals surface area contributed by atoms with Crippen LogP contribution in [0.1, 0.15) is 64.7 Å². The van der Waals surface area contributed by atoms with Crippen LogP contribution in [0.25, 0.3) is 0 Å². The monoisotopic (exact) mass is 390 g/mol. The van der Waals surface area contributed by atoms with Gasteiger partial charge in [0, 0.05) is 19.5 Å². The van der Waals surface area contributed by atoms with Crippen LogP contribution in [0.4, 0.5) is 0 Å². The first-order valence-electron chi connectivity index (χ1n) is 11.1. The topological polar surface area (TPSA) is 75.7 Å². The average molecular weight is 391 g/mol. The van der Waals surface area contributed by atoms with E-state index in [9.17, 15) is 14.4 Å². The summed E-state index contributed by atoms with van der Waals surface area (Å²) in [7, 11) is 0. The molecule has 156 valence electrons. The van der Waals surface area contributed by atoms with Crippen LogP contribution < -0.4 is 5.32 Å². The first kappa shape index (κ1) is 19.7. The van der Waals surface area contributed by atoms with Gasteiger partial charge in [0.25, 0.3) is 5.91 Å². The summed E-state index contributed by atoms with van der Waals surface area (Å²) in [6.07, 6.45) is 10.3. The molecule has 28 heavy (non-hydrogen) atoms. The number of ether oxygens (including phenoxy) is 1. The number of rotatable bonds is 6. The zero-order chi connectivity index (χ0) is 19.7. The highest BCUT2D eigenvalue weighted by molar-refractivity contribution is 5.84. The molecule has 5 fully saturated rings. The molecule has 0 unspecified atom stereocenters. The van der Waals surface area contributed by atoms with Crippen LogP contribution in [0.3, 0.4) is 0 Å². The summed E-state index contributed by atoms with van der Waals surface area (Å²) in [5.74, 6) is 2.22. The first-order valence-corrected chi connectivity index (χ1v) is 11.1. The lowest BCUT2D eigenvalue weighted by Gasteiger charge is -2.56. The van der Waals surface area contributed by atoms with E-state index in [4.69, 9.17) is 4.74 Å². The van der Waals surface area contributed by atoms with Gasteiger partial charge in [-0.2, -0.15) is 0 Å². The molecule has 0 aromatic heterocycles. The molecule has 4 bridgehead atoms. The molecule has 0 aromatic rings. The molecule has 5 rings (SSSR count). The second-order valence-electron chi connectivity index (χ2n) is 10.1. The molecule has 1 saturated heterocycles. The molecule has 0 aromatic carbocycles. The Morgan fingerprint density at radius 1 is 1.07 bits per heavy atom. The highest BCUT2D eigenvalue weighted by Crippen LogP contribution is 2.61. The standard InChI is InChI=1S/C22H34N2O4/c1-15-3-2-4-24(13-15)20(26)14-28-21(27)12-23-19(25)11-22-8-16-5-17(9-22)7-18(6-16)10-22/h15-18H,2-14H2,1H3,(H,23,25)/t15-,16?,17?,18?,22?/m1/s1. The Morgan fingerprint density at radius 2 is 1.71 bits per heavy atom. The van der Waals surface area contributed by atoms with Gasteiger partial charge in [-0.25, -0.2) is 0 Å². The third-order valence-corrected chi connectivity index (χ3v) is 7.50. The molecular formula is C22H34N2O4. The van der Waals surface area contributed by atoms with Gasteiger partial charge in [-0.1, -0.05) is 6.92 Å². The van der Waals surface area contributed by atoms with E-state index in [0.717, 1.165) is 43.7 Å². The van der Waals surface area contributed by atoms with Crippen molar-refractivity contribution in [3.63, 3.8) is 0 Å². The predicted molar refractivity (Wildman–Crippen MR) is 104 cm³/mol. The van der Waals surface area contributed by atoms with Crippen LogP contribution >= 0.6 is 0 Å². The van der Waals surface area contributed by atoms with Crippen molar-refractivity contribution >= 4 is 17.8 Å². The van der Waals surface area contributed by atoms with Gasteiger partial charge in [-0.15, -0.1) is 0 Å². The van der Waals surface area contributed by atoms with Crippen LogP contribution in [0.2, 0.25) is 0 Å². The van der Waals surface area contributed by atoms with E-state index in [1.54, 1.807) is 4.90 Å². The second kappa shape index (κ2) is 8.03. The minimum atomic E-state index is -0.530. The number of carbonyl (C=O) groups is 3. The molecule has 4 aliphatic carbocycles. The van der Waals surface area contributed by atoms with Crippen LogP contribution in [-0.4, -0.2) is 48.9 Å². The van der Waals surface area contributed by atoms with Crippen molar-refractivity contribution in [2.45, 2.75) is 64.7 Å². The fourth-order valence-electron chi connectivity index (χ4n) is 6.78. The Morgan fingerprint density at radius 3 is 2.32 bits per heavy atom. The van der Waals surface area contributed by atoms with Crippen molar-refractivity contribution in [1.82, 2.24) is 10.2 Å². The van der Waals surface area contributed by atoms with Crippen molar-refractivity contribution in [3.8, 4) is 0 Å². The minimum Gasteiger partial charge on any atom is -0.454 e. The van der Waals surface area contributed by atoms with E-state index in [-0.39, 0.29) is 30.4 Å². The second-order valence-corrected chi connectivity index (χ2v) is 10.1. The van der Waals surface area contributed by atoms with Crippen molar-refractivity contribution in [2.24, 2.45) is 29.1 Å². The zero-order valence-corrected chi connectivity index (χ0v) is 17.1. The van der Waals surface area contributed by atoms with Crippen molar-refractivity contribution in [3.05, 3.63) is 0 Å². The first-order chi connectivity index (χ1) is 13.4. The fraction of sp³-hybridized carbons (Fsp3) is 0.864. The van der Waals surface area contributed by atoms with Gasteiger partial charge in [0.05, 0.1) is 0 Å². The summed E-state index contributed by atoms with van der Waals surface area (Å²) in [5, 5.41) is 2.73. The maximum absolute atomic E-state index is 12.5. The smallest absolute Gasteiger partial charge is 0.325 e. The molecule has 4 saturated carbocycles. The maximum atomic E-state index is 12.5. The Kier molecular flexibility index (Phi) is 5.66. The molecular weight excluding hydrogens is 356 g/mol. The summed E-state index contributed by atoms with van der Waals surface area (Å²) in [4.78, 5) is 38.3. The van der Waals surface area contributed by atoms with Gasteiger partial charge in [0.2, 0.25) is 5.91 Å². The largest absolute Gasteiger partial charge is 0.454 e. The van der Waals surface area contributed by atoms with Gasteiger partial charge in [-0.3, -0.25) is 14.4 Å². The summed E-state index contributed by atoms with van der Waals surface area (Å²) >= 11 is 0. The zero-order valence-electron chi connectivity index (χ0n) is 17.1. The SMILES string of the molecule is C[C@@H]1CCCN(C(=O)COC(=O)CNC(=O)CC23CC4CC(CC(C4)C2)C3)C1. The third kappa shape index (κ3) is 4.52. The van der Waals surface area contributed by atoms with E-state index >= 15 is 0 Å². The van der Waals surface area contributed by atoms with Crippen molar-refractivity contribution in [2.75, 3.05) is 26.2 Å². The quantitative estimate of drug-likeness (QED) is 0.707. The van der Waals surface area contributed by atoms with Gasteiger partial charge in [0.1, 0.15) is 6.54 Å². The molecule has 2 amide bonds. The van der Waals surface area contributed by atoms with Crippen LogP contribution in [-0.2, 0) is 19.1 Å². The number of hydrogen-bond acceptors (Lipinski definition) is 4. The number of esters is 1. The number of likely N-dealkylation sites (tertiary alicyclic amines) is 1. The molecule has 0 radical (unpaired) electrons. The summed E-state index contributed by atoms with van der Waals surface area (Å²) < 4.78 is 5.09. The Bertz CT molecular complexity index is 597. The molecule has 1 heterocycles. The molecule has 5 aliphatic rings. The van der Waals surface area contributed by atoms with Gasteiger partial charge >= 0.3 is 5.97 Å². The lowest BCUT2D eigenvalue weighted by Crippen LogP contribution is -2.48. The Labute approximate surface area is 167 Å². The minimum absolute atomic E-state index is 0.0462. The number of amides is 2. The van der Waals surface area contributed by atoms with Crippen LogP contribution in [0.15, 0.2) is 0 Å². The van der Waals surface area contributed by atoms with E-state index in [0.29, 0.717) is 12.3 Å². The number of carbonyl (C=O) groups excluding carboxylic acids is 3. The van der Waals surface area contributed by atoms with E-state index in [1.807, 2.05) is 0 Å². The molecule has 1 aliphatic heterocycles. The van der Waals surface area contributed by atoms with E-state index < -0.39 is 5.97 Å². The summed E-state index contributed by atoms with van der Waals surface area (Å²) in [6, 6.07) is 0. The predicted octanol–water partition coefficient (Wildman–Crippen LogP) is 2.51. The lowest BCUT2D eigenvalue weighted by atomic mass is 9.49. The molecule has 6 nitrogen and oxygen atoms in total. The highest BCUT2D eigenvalue weighted by Gasteiger charge is 2.51. The number of piperidine rings is 1. The summed E-state index contributed by atoms with van der Waals surface area (Å²) in [6.45, 7) is 3.23. The molecule has 1 atom stereocenters. The number of nitrogens with zero attached hydrogens (tertiary/aromatic N) is 1.